The molecule has 0 atom stereocenters. The van der Waals surface area contributed by atoms with Gasteiger partial charge >= 0.3 is 6.18 Å². The highest BCUT2D eigenvalue weighted by Gasteiger charge is 2.33. The van der Waals surface area contributed by atoms with E-state index in [-0.39, 0.29) is 22.7 Å². The monoisotopic (exact) mass is 300 g/mol. The number of carbonyl (C=O) groups is 1. The number of aromatic nitrogens is 1. The Balaban J connectivity index is 2.93. The zero-order chi connectivity index (χ0) is 13.9. The van der Waals surface area contributed by atoms with E-state index < -0.39 is 18.5 Å². The van der Waals surface area contributed by atoms with Crippen LogP contribution >= 0.6 is 22.9 Å². The highest BCUT2D eigenvalue weighted by molar-refractivity contribution is 7.14. The summed E-state index contributed by atoms with van der Waals surface area (Å²) >= 11 is 6.37. The molecule has 3 nitrogen and oxygen atoms in total. The molecule has 0 aromatic carbocycles. The molecule has 0 fully saturated rings. The number of nitrogens with zero attached hydrogens (tertiary/aromatic N) is 2. The lowest BCUT2D eigenvalue weighted by atomic mass is 10.3. The third kappa shape index (κ3) is 4.13. The third-order valence-electron chi connectivity index (χ3n) is 2.12. The second-order valence-corrected chi connectivity index (χ2v) is 5.01. The first kappa shape index (κ1) is 15.2. The van der Waals surface area contributed by atoms with Gasteiger partial charge in [0.15, 0.2) is 10.9 Å². The quantitative estimate of drug-likeness (QED) is 0.618. The molecule has 0 aliphatic heterocycles. The maximum atomic E-state index is 12.4. The summed E-state index contributed by atoms with van der Waals surface area (Å²) in [5.74, 6) is -0.626. The third-order valence-corrected chi connectivity index (χ3v) is 3.24. The number of hydrogen-bond acceptors (Lipinski definition) is 4. The fourth-order valence-electron chi connectivity index (χ4n) is 1.26. The van der Waals surface area contributed by atoms with Crippen molar-refractivity contribution in [3.63, 3.8) is 0 Å². The number of anilines is 1. The first-order chi connectivity index (χ1) is 8.24. The average Bonchev–Trinajstić information content (AvgIpc) is 2.72. The summed E-state index contributed by atoms with van der Waals surface area (Å²) in [6.07, 6.45) is -4.31. The zero-order valence-corrected chi connectivity index (χ0v) is 11.4. The molecule has 18 heavy (non-hydrogen) atoms. The fourth-order valence-corrected chi connectivity index (χ4v) is 2.36. The van der Waals surface area contributed by atoms with Crippen molar-refractivity contribution in [2.45, 2.75) is 26.1 Å². The second-order valence-electron chi connectivity index (χ2n) is 3.91. The summed E-state index contributed by atoms with van der Waals surface area (Å²) in [4.78, 5) is 16.3. The van der Waals surface area contributed by atoms with E-state index in [4.69, 9.17) is 11.6 Å². The number of carbonyl (C=O) groups excluding carboxylic acids is 1. The van der Waals surface area contributed by atoms with E-state index in [9.17, 15) is 18.0 Å². The Morgan fingerprint density at radius 3 is 2.61 bits per heavy atom. The molecule has 0 N–H and O–H groups in total. The topological polar surface area (TPSA) is 33.2 Å². The molecule has 0 spiro atoms. The molecule has 0 saturated carbocycles. The van der Waals surface area contributed by atoms with E-state index in [1.165, 1.54) is 5.38 Å². The van der Waals surface area contributed by atoms with Gasteiger partial charge in [0.05, 0.1) is 5.88 Å². The number of halogens is 4. The molecule has 0 unspecified atom stereocenters. The first-order valence-electron chi connectivity index (χ1n) is 5.12. The number of ketones is 1. The van der Waals surface area contributed by atoms with Crippen molar-refractivity contribution in [3.8, 4) is 0 Å². The lowest BCUT2D eigenvalue weighted by molar-refractivity contribution is -0.120. The van der Waals surface area contributed by atoms with Gasteiger partial charge in [0, 0.05) is 11.4 Å². The van der Waals surface area contributed by atoms with Crippen LogP contribution in [-0.4, -0.2) is 35.4 Å². The van der Waals surface area contributed by atoms with Crippen molar-refractivity contribution in [2.75, 3.05) is 17.3 Å². The number of alkyl halides is 4. The molecule has 1 aromatic heterocycles. The van der Waals surface area contributed by atoms with Crippen LogP contribution in [0.1, 0.15) is 24.3 Å². The maximum absolute atomic E-state index is 12.4. The van der Waals surface area contributed by atoms with E-state index in [0.29, 0.717) is 0 Å². The van der Waals surface area contributed by atoms with Crippen LogP contribution in [0, 0.1) is 0 Å². The van der Waals surface area contributed by atoms with Gasteiger partial charge in [0.2, 0.25) is 0 Å². The van der Waals surface area contributed by atoms with Gasteiger partial charge in [0.1, 0.15) is 12.2 Å². The standard InChI is InChI=1S/C10H12ClF3N2OS/c1-6(2)16(5-10(12,13)14)9-15-7(4-18-9)8(17)3-11/h4,6H,3,5H2,1-2H3. The van der Waals surface area contributed by atoms with Gasteiger partial charge in [-0.15, -0.1) is 22.9 Å². The maximum Gasteiger partial charge on any atom is 0.406 e. The summed E-state index contributed by atoms with van der Waals surface area (Å²) in [5, 5.41) is 1.60. The van der Waals surface area contributed by atoms with Crippen molar-refractivity contribution < 1.29 is 18.0 Å². The Bertz CT molecular complexity index is 420. The molecule has 1 aromatic rings. The number of thiazole rings is 1. The molecular weight excluding hydrogens is 289 g/mol. The smallest absolute Gasteiger partial charge is 0.337 e. The molecule has 102 valence electrons. The Morgan fingerprint density at radius 1 is 1.56 bits per heavy atom. The average molecular weight is 301 g/mol. The second kappa shape index (κ2) is 5.88. The van der Waals surface area contributed by atoms with Gasteiger partial charge in [-0.25, -0.2) is 4.98 Å². The van der Waals surface area contributed by atoms with Crippen molar-refractivity contribution in [1.29, 1.82) is 0 Å². The first-order valence-corrected chi connectivity index (χ1v) is 6.54. The lowest BCUT2D eigenvalue weighted by Gasteiger charge is -2.26. The van der Waals surface area contributed by atoms with Crippen LogP contribution in [0.2, 0.25) is 0 Å². The van der Waals surface area contributed by atoms with E-state index in [0.717, 1.165) is 16.2 Å². The molecule has 1 rings (SSSR count). The molecule has 0 radical (unpaired) electrons. The summed E-state index contributed by atoms with van der Waals surface area (Å²) in [6, 6.07) is -0.364. The van der Waals surface area contributed by atoms with E-state index in [2.05, 4.69) is 4.98 Å². The minimum Gasteiger partial charge on any atom is -0.337 e. The fraction of sp³-hybridized carbons (Fsp3) is 0.600. The minimum absolute atomic E-state index is 0.109. The molecule has 0 bridgehead atoms. The number of hydrogen-bond donors (Lipinski definition) is 0. The largest absolute Gasteiger partial charge is 0.406 e. The van der Waals surface area contributed by atoms with Crippen LogP contribution in [0.15, 0.2) is 5.38 Å². The summed E-state index contributed by atoms with van der Waals surface area (Å²) in [5.41, 5.74) is 0.109. The highest BCUT2D eigenvalue weighted by atomic mass is 35.5. The molecule has 0 aliphatic rings. The van der Waals surface area contributed by atoms with Crippen molar-refractivity contribution in [3.05, 3.63) is 11.1 Å². The van der Waals surface area contributed by atoms with E-state index >= 15 is 0 Å². The SMILES string of the molecule is CC(C)N(CC(F)(F)F)c1nc(C(=O)CCl)cs1. The van der Waals surface area contributed by atoms with Crippen molar-refractivity contribution >= 4 is 33.9 Å². The Hall–Kier alpha value is -0.820. The van der Waals surface area contributed by atoms with Gasteiger partial charge in [0.25, 0.3) is 0 Å². The summed E-state index contributed by atoms with van der Waals surface area (Å²) in [6.45, 7) is 2.18. The van der Waals surface area contributed by atoms with Crippen molar-refractivity contribution in [2.24, 2.45) is 0 Å². The van der Waals surface area contributed by atoms with Crippen LogP contribution < -0.4 is 4.90 Å². The van der Waals surface area contributed by atoms with Gasteiger partial charge in [-0.2, -0.15) is 13.2 Å². The summed E-state index contributed by atoms with van der Waals surface area (Å²) in [7, 11) is 0. The predicted octanol–water partition coefficient (Wildman–Crippen LogP) is 3.34. The molecule has 0 aliphatic carbocycles. The van der Waals surface area contributed by atoms with Crippen LogP contribution in [0.3, 0.4) is 0 Å². The number of Topliss-reactive ketones (excluding diaryl/α,β-unsaturated/α-hetero) is 1. The molecular formula is C10H12ClF3N2OS. The van der Waals surface area contributed by atoms with Gasteiger partial charge < -0.3 is 4.90 Å². The Morgan fingerprint density at radius 2 is 2.17 bits per heavy atom. The molecule has 0 saturated heterocycles. The predicted molar refractivity (Wildman–Crippen MR) is 65.7 cm³/mol. The molecule has 0 amide bonds. The van der Waals surface area contributed by atoms with Crippen LogP contribution in [-0.2, 0) is 0 Å². The van der Waals surface area contributed by atoms with E-state index in [1.54, 1.807) is 13.8 Å². The van der Waals surface area contributed by atoms with Gasteiger partial charge in [-0.3, -0.25) is 4.79 Å². The Kier molecular flexibility index (Phi) is 4.98. The van der Waals surface area contributed by atoms with Crippen LogP contribution in [0.25, 0.3) is 0 Å². The van der Waals surface area contributed by atoms with Gasteiger partial charge in [-0.1, -0.05) is 0 Å². The molecule has 1 heterocycles. The van der Waals surface area contributed by atoms with Crippen molar-refractivity contribution in [1.82, 2.24) is 4.98 Å². The number of rotatable bonds is 5. The minimum atomic E-state index is -4.31. The molecule has 8 heteroatoms. The van der Waals surface area contributed by atoms with Crippen LogP contribution in [0.4, 0.5) is 18.3 Å². The summed E-state index contributed by atoms with van der Waals surface area (Å²) < 4.78 is 37.3. The van der Waals surface area contributed by atoms with Crippen LogP contribution in [0.5, 0.6) is 0 Å². The zero-order valence-electron chi connectivity index (χ0n) is 9.79. The normalized spacial score (nSPS) is 11.9. The highest BCUT2D eigenvalue weighted by Crippen LogP contribution is 2.27. The Labute approximate surface area is 112 Å². The lowest BCUT2D eigenvalue weighted by Crippen LogP contribution is -2.39. The van der Waals surface area contributed by atoms with E-state index in [1.807, 2.05) is 0 Å². The van der Waals surface area contributed by atoms with Gasteiger partial charge in [-0.05, 0) is 13.8 Å².